The van der Waals surface area contributed by atoms with Crippen LogP contribution in [0.25, 0.3) is 0 Å². The van der Waals surface area contributed by atoms with Crippen LogP contribution in [0, 0.1) is 5.92 Å². The number of aliphatic hydroxyl groups is 1. The predicted molar refractivity (Wildman–Crippen MR) is 61.9 cm³/mol. The Morgan fingerprint density at radius 1 is 1.40 bits per heavy atom. The van der Waals surface area contributed by atoms with Crippen LogP contribution in [0.3, 0.4) is 0 Å². The van der Waals surface area contributed by atoms with Crippen molar-refractivity contribution < 1.29 is 5.11 Å². The molecular formula is C13H19NO. The molecule has 2 heteroatoms. The molecule has 0 spiro atoms. The van der Waals surface area contributed by atoms with Crippen molar-refractivity contribution in [2.24, 2.45) is 5.92 Å². The first-order chi connectivity index (χ1) is 7.20. The van der Waals surface area contributed by atoms with E-state index in [1.54, 1.807) is 0 Å². The molecule has 1 aromatic rings. The molecule has 0 aromatic heterocycles. The van der Waals surface area contributed by atoms with Crippen LogP contribution < -0.4 is 5.32 Å². The third kappa shape index (κ3) is 2.21. The second kappa shape index (κ2) is 4.33. The summed E-state index contributed by atoms with van der Waals surface area (Å²) >= 11 is 0. The van der Waals surface area contributed by atoms with Crippen LogP contribution >= 0.6 is 0 Å². The average molecular weight is 205 g/mol. The smallest absolute Gasteiger partial charge is 0.0914 e. The lowest BCUT2D eigenvalue weighted by atomic mass is 10.0. The second-order valence-electron chi connectivity index (χ2n) is 4.62. The zero-order valence-corrected chi connectivity index (χ0v) is 9.46. The van der Waals surface area contributed by atoms with Gasteiger partial charge in [0.05, 0.1) is 6.10 Å². The molecular weight excluding hydrogens is 186 g/mol. The van der Waals surface area contributed by atoms with E-state index in [-0.39, 0.29) is 6.10 Å². The third-order valence-corrected chi connectivity index (χ3v) is 3.15. The third-order valence-electron chi connectivity index (χ3n) is 3.15. The Hall–Kier alpha value is -0.860. The van der Waals surface area contributed by atoms with Crippen molar-refractivity contribution >= 4 is 0 Å². The first kappa shape index (κ1) is 10.7. The summed E-state index contributed by atoms with van der Waals surface area (Å²) in [6.45, 7) is 2.90. The first-order valence-corrected chi connectivity index (χ1v) is 5.65. The summed E-state index contributed by atoms with van der Waals surface area (Å²) in [6, 6.07) is 6.40. The van der Waals surface area contributed by atoms with Gasteiger partial charge >= 0.3 is 0 Å². The van der Waals surface area contributed by atoms with E-state index in [0.29, 0.717) is 6.54 Å². The summed E-state index contributed by atoms with van der Waals surface area (Å²) in [5.74, 6) is 0.761. The summed E-state index contributed by atoms with van der Waals surface area (Å²) in [5, 5.41) is 12.8. The number of hydrogen-bond acceptors (Lipinski definition) is 2. The van der Waals surface area contributed by atoms with Gasteiger partial charge in [-0.1, -0.05) is 25.1 Å². The van der Waals surface area contributed by atoms with Crippen molar-refractivity contribution in [3.8, 4) is 0 Å². The van der Waals surface area contributed by atoms with Gasteiger partial charge in [-0.25, -0.2) is 0 Å². The van der Waals surface area contributed by atoms with Gasteiger partial charge in [0.15, 0.2) is 0 Å². The molecule has 1 aliphatic rings. The fraction of sp³-hybridized carbons (Fsp3) is 0.538. The van der Waals surface area contributed by atoms with Crippen LogP contribution in [-0.2, 0) is 12.8 Å². The van der Waals surface area contributed by atoms with E-state index in [1.807, 2.05) is 7.05 Å². The van der Waals surface area contributed by atoms with Gasteiger partial charge < -0.3 is 10.4 Å². The maximum absolute atomic E-state index is 9.86. The highest BCUT2D eigenvalue weighted by Crippen LogP contribution is 2.28. The Kier molecular flexibility index (Phi) is 3.08. The van der Waals surface area contributed by atoms with Gasteiger partial charge in [-0.3, -0.25) is 0 Å². The Labute approximate surface area is 91.3 Å². The summed E-state index contributed by atoms with van der Waals surface area (Å²) in [6.07, 6.45) is 1.98. The van der Waals surface area contributed by atoms with Gasteiger partial charge in [0.1, 0.15) is 0 Å². The summed E-state index contributed by atoms with van der Waals surface area (Å²) in [5.41, 5.74) is 3.93. The summed E-state index contributed by atoms with van der Waals surface area (Å²) in [4.78, 5) is 0. The summed E-state index contributed by atoms with van der Waals surface area (Å²) in [7, 11) is 1.86. The average Bonchev–Trinajstić information content (AvgIpc) is 2.57. The molecule has 82 valence electrons. The predicted octanol–water partition coefficient (Wildman–Crippen LogP) is 1.67. The van der Waals surface area contributed by atoms with Gasteiger partial charge in [0, 0.05) is 6.54 Å². The zero-order chi connectivity index (χ0) is 10.8. The van der Waals surface area contributed by atoms with E-state index >= 15 is 0 Å². The minimum absolute atomic E-state index is 0.379. The molecule has 0 heterocycles. The van der Waals surface area contributed by atoms with Crippen LogP contribution in [0.5, 0.6) is 0 Å². The van der Waals surface area contributed by atoms with E-state index < -0.39 is 0 Å². The lowest BCUT2D eigenvalue weighted by molar-refractivity contribution is 0.177. The van der Waals surface area contributed by atoms with Crippen molar-refractivity contribution in [2.75, 3.05) is 13.6 Å². The molecule has 15 heavy (non-hydrogen) atoms. The normalized spacial score (nSPS) is 21.4. The highest BCUT2D eigenvalue weighted by atomic mass is 16.3. The van der Waals surface area contributed by atoms with Gasteiger partial charge in [-0.05, 0) is 42.5 Å². The molecule has 2 rings (SSSR count). The van der Waals surface area contributed by atoms with Gasteiger partial charge in [0.2, 0.25) is 0 Å². The lowest BCUT2D eigenvalue weighted by Gasteiger charge is -2.11. The molecule has 0 saturated carbocycles. The number of likely N-dealkylation sites (N-methyl/N-ethyl adjacent to an activating group) is 1. The fourth-order valence-corrected chi connectivity index (χ4v) is 2.38. The molecule has 0 radical (unpaired) electrons. The fourth-order valence-electron chi connectivity index (χ4n) is 2.38. The molecule has 2 atom stereocenters. The van der Waals surface area contributed by atoms with Gasteiger partial charge in [-0.15, -0.1) is 0 Å². The number of rotatable bonds is 3. The lowest BCUT2D eigenvalue weighted by Crippen LogP contribution is -2.16. The molecule has 2 N–H and O–H groups in total. The molecule has 0 bridgehead atoms. The Morgan fingerprint density at radius 2 is 2.13 bits per heavy atom. The molecule has 0 amide bonds. The molecule has 0 fully saturated rings. The minimum Gasteiger partial charge on any atom is -0.387 e. The largest absolute Gasteiger partial charge is 0.387 e. The minimum atomic E-state index is -0.379. The number of hydrogen-bond donors (Lipinski definition) is 2. The van der Waals surface area contributed by atoms with Gasteiger partial charge in [0.25, 0.3) is 0 Å². The SMILES string of the molecule is CNCC(O)c1ccc2c(c1)CC(C)C2. The molecule has 1 aromatic carbocycles. The molecule has 1 aliphatic carbocycles. The number of nitrogens with one attached hydrogen (secondary N) is 1. The number of aliphatic hydroxyl groups excluding tert-OH is 1. The van der Waals surface area contributed by atoms with Crippen LogP contribution in [-0.4, -0.2) is 18.7 Å². The van der Waals surface area contributed by atoms with E-state index in [9.17, 15) is 5.11 Å². The van der Waals surface area contributed by atoms with Crippen molar-refractivity contribution in [1.29, 1.82) is 0 Å². The second-order valence-corrected chi connectivity index (χ2v) is 4.62. The van der Waals surface area contributed by atoms with E-state index in [2.05, 4.69) is 30.4 Å². The molecule has 0 aliphatic heterocycles. The van der Waals surface area contributed by atoms with Crippen LogP contribution in [0.15, 0.2) is 18.2 Å². The standard InChI is InChI=1S/C13H19NO/c1-9-5-10-3-4-11(7-12(10)6-9)13(15)8-14-2/h3-4,7,9,13-15H,5-6,8H2,1-2H3. The Balaban J connectivity index is 2.19. The van der Waals surface area contributed by atoms with E-state index in [1.165, 1.54) is 17.5 Å². The Bertz CT molecular complexity index is 348. The first-order valence-electron chi connectivity index (χ1n) is 5.65. The summed E-state index contributed by atoms with van der Waals surface area (Å²) < 4.78 is 0. The molecule has 2 unspecified atom stereocenters. The van der Waals surface area contributed by atoms with Crippen LogP contribution in [0.4, 0.5) is 0 Å². The van der Waals surface area contributed by atoms with Crippen molar-refractivity contribution in [3.05, 3.63) is 34.9 Å². The zero-order valence-electron chi connectivity index (χ0n) is 9.46. The maximum Gasteiger partial charge on any atom is 0.0914 e. The van der Waals surface area contributed by atoms with Crippen molar-refractivity contribution in [3.63, 3.8) is 0 Å². The van der Waals surface area contributed by atoms with Gasteiger partial charge in [-0.2, -0.15) is 0 Å². The molecule has 2 nitrogen and oxygen atoms in total. The Morgan fingerprint density at radius 3 is 2.87 bits per heavy atom. The highest BCUT2D eigenvalue weighted by molar-refractivity contribution is 5.36. The topological polar surface area (TPSA) is 32.3 Å². The van der Waals surface area contributed by atoms with Crippen LogP contribution in [0.2, 0.25) is 0 Å². The highest BCUT2D eigenvalue weighted by Gasteiger charge is 2.18. The van der Waals surface area contributed by atoms with Crippen molar-refractivity contribution in [2.45, 2.75) is 25.9 Å². The van der Waals surface area contributed by atoms with Crippen LogP contribution in [0.1, 0.15) is 29.7 Å². The van der Waals surface area contributed by atoms with E-state index in [4.69, 9.17) is 0 Å². The maximum atomic E-state index is 9.86. The monoisotopic (exact) mass is 205 g/mol. The number of benzene rings is 1. The van der Waals surface area contributed by atoms with E-state index in [0.717, 1.165) is 17.9 Å². The molecule has 0 saturated heterocycles. The quantitative estimate of drug-likeness (QED) is 0.787. The van der Waals surface area contributed by atoms with Crippen molar-refractivity contribution in [1.82, 2.24) is 5.32 Å². The number of fused-ring (bicyclic) bond motifs is 1.